The van der Waals surface area contributed by atoms with Crippen molar-refractivity contribution in [1.82, 2.24) is 20.1 Å². The molecule has 128 valence electrons. The van der Waals surface area contributed by atoms with Crippen molar-refractivity contribution in [3.05, 3.63) is 30.5 Å². The molecule has 0 aliphatic carbocycles. The van der Waals surface area contributed by atoms with Gasteiger partial charge in [0.2, 0.25) is 5.95 Å². The van der Waals surface area contributed by atoms with Gasteiger partial charge in [0.1, 0.15) is 0 Å². The van der Waals surface area contributed by atoms with Gasteiger partial charge in [0.15, 0.2) is 5.82 Å². The molecule has 24 heavy (non-hydrogen) atoms. The van der Waals surface area contributed by atoms with E-state index in [2.05, 4.69) is 54.3 Å². The Labute approximate surface area is 143 Å². The first-order valence-corrected chi connectivity index (χ1v) is 8.37. The van der Waals surface area contributed by atoms with E-state index in [1.165, 1.54) is 0 Å². The number of hydrogen-bond donors (Lipinski definition) is 1. The number of anilines is 4. The molecule has 2 heterocycles. The number of nitrogens with zero attached hydrogens (tertiary/aromatic N) is 6. The lowest BCUT2D eigenvalue weighted by Crippen LogP contribution is -2.46. The van der Waals surface area contributed by atoms with Gasteiger partial charge in [-0.2, -0.15) is 10.1 Å². The van der Waals surface area contributed by atoms with Crippen molar-refractivity contribution in [2.45, 2.75) is 6.92 Å². The average Bonchev–Trinajstić information content (AvgIpc) is 2.62. The molecule has 1 aliphatic rings. The van der Waals surface area contributed by atoms with E-state index in [9.17, 15) is 0 Å². The van der Waals surface area contributed by atoms with Gasteiger partial charge >= 0.3 is 0 Å². The Kier molecular flexibility index (Phi) is 5.10. The second-order valence-electron chi connectivity index (χ2n) is 6.13. The predicted octanol–water partition coefficient (Wildman–Crippen LogP) is 1.82. The first-order chi connectivity index (χ1) is 11.7. The van der Waals surface area contributed by atoms with Crippen LogP contribution >= 0.6 is 0 Å². The van der Waals surface area contributed by atoms with Crippen molar-refractivity contribution < 1.29 is 0 Å². The van der Waals surface area contributed by atoms with Gasteiger partial charge in [-0.15, -0.1) is 5.10 Å². The molecule has 0 saturated carbocycles. The molecule has 2 aromatic rings. The number of benzene rings is 1. The maximum Gasteiger partial charge on any atom is 0.249 e. The van der Waals surface area contributed by atoms with Crippen molar-refractivity contribution in [2.75, 3.05) is 61.9 Å². The molecule has 0 atom stereocenters. The van der Waals surface area contributed by atoms with Gasteiger partial charge in [-0.1, -0.05) is 6.92 Å². The summed E-state index contributed by atoms with van der Waals surface area (Å²) in [6, 6.07) is 8.16. The molecule has 0 spiro atoms. The lowest BCUT2D eigenvalue weighted by atomic mass is 10.2. The maximum absolute atomic E-state index is 4.61. The van der Waals surface area contributed by atoms with Crippen LogP contribution in [0.5, 0.6) is 0 Å². The molecule has 3 rings (SSSR count). The van der Waals surface area contributed by atoms with E-state index in [-0.39, 0.29) is 0 Å². The molecule has 0 unspecified atom stereocenters. The van der Waals surface area contributed by atoms with Crippen LogP contribution in [0.2, 0.25) is 0 Å². The Bertz CT molecular complexity index is 648. The fourth-order valence-electron chi connectivity index (χ4n) is 2.77. The molecular formula is C17H25N7. The summed E-state index contributed by atoms with van der Waals surface area (Å²) in [5.74, 6) is 1.41. The normalized spacial score (nSPS) is 15.4. The first-order valence-electron chi connectivity index (χ1n) is 8.37. The Morgan fingerprint density at radius 3 is 2.42 bits per heavy atom. The monoisotopic (exact) mass is 327 g/mol. The molecule has 7 heteroatoms. The molecule has 1 N–H and O–H groups in total. The number of piperazine rings is 1. The predicted molar refractivity (Wildman–Crippen MR) is 98.2 cm³/mol. The molecule has 7 nitrogen and oxygen atoms in total. The summed E-state index contributed by atoms with van der Waals surface area (Å²) in [4.78, 5) is 11.4. The quantitative estimate of drug-likeness (QED) is 0.899. The summed E-state index contributed by atoms with van der Waals surface area (Å²) >= 11 is 0. The molecule has 0 radical (unpaired) electrons. The Morgan fingerprint density at radius 1 is 1.08 bits per heavy atom. The zero-order valence-corrected chi connectivity index (χ0v) is 14.6. The van der Waals surface area contributed by atoms with Crippen LogP contribution in [-0.2, 0) is 0 Å². The molecule has 0 bridgehead atoms. The number of rotatable bonds is 5. The molecule has 1 aliphatic heterocycles. The van der Waals surface area contributed by atoms with Crippen LogP contribution in [0.25, 0.3) is 0 Å². The number of likely N-dealkylation sites (N-methyl/N-ethyl adjacent to an activating group) is 1. The largest absolute Gasteiger partial charge is 0.378 e. The van der Waals surface area contributed by atoms with Gasteiger partial charge in [-0.05, 0) is 30.8 Å². The second-order valence-corrected chi connectivity index (χ2v) is 6.13. The van der Waals surface area contributed by atoms with Crippen LogP contribution in [0.15, 0.2) is 30.5 Å². The van der Waals surface area contributed by atoms with Crippen LogP contribution in [0, 0.1) is 0 Å². The average molecular weight is 327 g/mol. The topological polar surface area (TPSA) is 60.4 Å². The van der Waals surface area contributed by atoms with Gasteiger partial charge < -0.3 is 20.0 Å². The molecule has 1 aromatic carbocycles. The molecule has 1 saturated heterocycles. The van der Waals surface area contributed by atoms with Gasteiger partial charge in [0.05, 0.1) is 6.20 Å². The zero-order chi connectivity index (χ0) is 16.9. The summed E-state index contributed by atoms with van der Waals surface area (Å²) in [7, 11) is 4.05. The van der Waals surface area contributed by atoms with Crippen molar-refractivity contribution in [2.24, 2.45) is 0 Å². The van der Waals surface area contributed by atoms with Crippen molar-refractivity contribution in [1.29, 1.82) is 0 Å². The molecular weight excluding hydrogens is 302 g/mol. The van der Waals surface area contributed by atoms with Gasteiger partial charge in [0, 0.05) is 51.6 Å². The van der Waals surface area contributed by atoms with E-state index in [0.717, 1.165) is 49.9 Å². The van der Waals surface area contributed by atoms with Crippen LogP contribution in [-0.4, -0.2) is 66.9 Å². The Balaban J connectivity index is 1.67. The number of hydrogen-bond acceptors (Lipinski definition) is 7. The lowest BCUT2D eigenvalue weighted by molar-refractivity contribution is 0.270. The van der Waals surface area contributed by atoms with E-state index >= 15 is 0 Å². The minimum Gasteiger partial charge on any atom is -0.378 e. The van der Waals surface area contributed by atoms with Crippen LogP contribution in [0.4, 0.5) is 23.1 Å². The van der Waals surface area contributed by atoms with E-state index < -0.39 is 0 Å². The van der Waals surface area contributed by atoms with Crippen LogP contribution in [0.3, 0.4) is 0 Å². The third kappa shape index (κ3) is 3.91. The van der Waals surface area contributed by atoms with Gasteiger partial charge in [-0.25, -0.2) is 0 Å². The van der Waals surface area contributed by atoms with Crippen molar-refractivity contribution in [3.8, 4) is 0 Å². The van der Waals surface area contributed by atoms with E-state index in [0.29, 0.717) is 5.95 Å². The number of aromatic nitrogens is 3. The fraction of sp³-hybridized carbons (Fsp3) is 0.471. The molecule has 0 amide bonds. The lowest BCUT2D eigenvalue weighted by Gasteiger charge is -2.34. The van der Waals surface area contributed by atoms with Crippen molar-refractivity contribution in [3.63, 3.8) is 0 Å². The van der Waals surface area contributed by atoms with Crippen LogP contribution < -0.4 is 15.1 Å². The summed E-state index contributed by atoms with van der Waals surface area (Å²) < 4.78 is 0. The Hall–Kier alpha value is -2.41. The summed E-state index contributed by atoms with van der Waals surface area (Å²) in [6.07, 6.45) is 1.74. The first kappa shape index (κ1) is 16.4. The SMILES string of the molecule is CCN1CCN(c2cnnc(Nc3ccc(N(C)C)cc3)n2)CC1. The third-order valence-electron chi connectivity index (χ3n) is 4.33. The highest BCUT2D eigenvalue weighted by Gasteiger charge is 2.17. The van der Waals surface area contributed by atoms with Crippen molar-refractivity contribution >= 4 is 23.1 Å². The van der Waals surface area contributed by atoms with E-state index in [4.69, 9.17) is 0 Å². The van der Waals surface area contributed by atoms with E-state index in [1.54, 1.807) is 6.20 Å². The Morgan fingerprint density at radius 2 is 1.79 bits per heavy atom. The minimum atomic E-state index is 0.531. The minimum absolute atomic E-state index is 0.531. The highest BCUT2D eigenvalue weighted by atomic mass is 15.3. The highest BCUT2D eigenvalue weighted by molar-refractivity contribution is 5.59. The summed E-state index contributed by atoms with van der Waals surface area (Å²) in [5, 5.41) is 11.4. The van der Waals surface area contributed by atoms with Gasteiger partial charge in [-0.3, -0.25) is 0 Å². The highest BCUT2D eigenvalue weighted by Crippen LogP contribution is 2.19. The van der Waals surface area contributed by atoms with Crippen LogP contribution in [0.1, 0.15) is 6.92 Å². The standard InChI is InChI=1S/C17H25N7/c1-4-23-9-11-24(12-10-23)16-13-18-21-17(20-16)19-14-5-7-15(8-6-14)22(2)3/h5-8,13H,4,9-12H2,1-3H3,(H,19,20,21). The van der Waals surface area contributed by atoms with Gasteiger partial charge in [0.25, 0.3) is 0 Å². The third-order valence-corrected chi connectivity index (χ3v) is 4.33. The number of nitrogens with one attached hydrogen (secondary N) is 1. The molecule has 1 fully saturated rings. The zero-order valence-electron chi connectivity index (χ0n) is 14.6. The second kappa shape index (κ2) is 7.44. The van der Waals surface area contributed by atoms with E-state index in [1.807, 2.05) is 26.2 Å². The fourth-order valence-corrected chi connectivity index (χ4v) is 2.77. The smallest absolute Gasteiger partial charge is 0.249 e. The summed E-state index contributed by atoms with van der Waals surface area (Å²) in [5.41, 5.74) is 2.11. The molecule has 1 aromatic heterocycles. The summed E-state index contributed by atoms with van der Waals surface area (Å²) in [6.45, 7) is 7.38. The maximum atomic E-state index is 4.61.